The topological polar surface area (TPSA) is 67.3 Å². The van der Waals surface area contributed by atoms with Crippen LogP contribution in [0.3, 0.4) is 0 Å². The molecule has 0 bridgehead atoms. The van der Waals surface area contributed by atoms with Gasteiger partial charge in [-0.15, -0.1) is 24.0 Å². The molecule has 0 saturated carbocycles. The Balaban J connectivity index is 2.45. The van der Waals surface area contributed by atoms with E-state index >= 15 is 0 Å². The highest BCUT2D eigenvalue weighted by Crippen LogP contribution is 2.23. The minimum Gasteiger partial charge on any atom is -0.478 e. The second kappa shape index (κ2) is 4.23. The first-order chi connectivity index (χ1) is 7.56. The fourth-order valence-electron chi connectivity index (χ4n) is 1.31. The Hall–Kier alpha value is -1.40. The number of carboxylic acids is 1. The Bertz CT molecular complexity index is 576. The lowest BCUT2D eigenvalue weighted by atomic mass is 10.2. The van der Waals surface area contributed by atoms with Crippen LogP contribution in [0.2, 0.25) is 0 Å². The zero-order valence-corrected chi connectivity index (χ0v) is 9.72. The minimum absolute atomic E-state index is 0.171. The zero-order valence-electron chi connectivity index (χ0n) is 8.01. The SMILES string of the molecule is O=C(S)Cc1nc2cc(C(=O)O)ccc2s1. The van der Waals surface area contributed by atoms with Crippen LogP contribution in [0.5, 0.6) is 0 Å². The summed E-state index contributed by atoms with van der Waals surface area (Å²) in [7, 11) is 0. The summed E-state index contributed by atoms with van der Waals surface area (Å²) in [6.07, 6.45) is 0.171. The van der Waals surface area contributed by atoms with Gasteiger partial charge in [-0.25, -0.2) is 9.78 Å². The maximum absolute atomic E-state index is 10.8. The molecule has 2 aromatic rings. The second-order valence-corrected chi connectivity index (χ2v) is 4.78. The van der Waals surface area contributed by atoms with Gasteiger partial charge in [-0.2, -0.15) is 0 Å². The number of hydrogen-bond acceptors (Lipinski definition) is 4. The van der Waals surface area contributed by atoms with Crippen molar-refractivity contribution in [1.29, 1.82) is 0 Å². The third kappa shape index (κ3) is 2.23. The molecule has 6 heteroatoms. The summed E-state index contributed by atoms with van der Waals surface area (Å²) in [5.74, 6) is -0.985. The van der Waals surface area contributed by atoms with Gasteiger partial charge in [0.15, 0.2) is 5.12 Å². The molecule has 0 unspecified atom stereocenters. The molecule has 82 valence electrons. The number of rotatable bonds is 3. The van der Waals surface area contributed by atoms with Crippen molar-refractivity contribution in [2.45, 2.75) is 6.42 Å². The summed E-state index contributed by atoms with van der Waals surface area (Å²) in [5, 5.41) is 9.20. The minimum atomic E-state index is -0.985. The average Bonchev–Trinajstić information content (AvgIpc) is 2.56. The standard InChI is InChI=1S/C10H7NO3S2/c12-9(15)4-8-11-6-3-5(10(13)14)1-2-7(6)16-8/h1-3H,4H2,(H,12,15)(H,13,14). The first-order valence-electron chi connectivity index (χ1n) is 4.41. The molecule has 1 heterocycles. The summed E-state index contributed by atoms with van der Waals surface area (Å²) in [6, 6.07) is 4.72. The summed E-state index contributed by atoms with van der Waals surface area (Å²) in [6.45, 7) is 0. The molecule has 0 atom stereocenters. The average molecular weight is 253 g/mol. The van der Waals surface area contributed by atoms with Crippen LogP contribution in [0.4, 0.5) is 0 Å². The quantitative estimate of drug-likeness (QED) is 0.821. The van der Waals surface area contributed by atoms with Crippen LogP contribution in [0, 0.1) is 0 Å². The lowest BCUT2D eigenvalue weighted by Gasteiger charge is -1.91. The number of nitrogens with zero attached hydrogens (tertiary/aromatic N) is 1. The molecule has 1 aromatic heterocycles. The van der Waals surface area contributed by atoms with Crippen LogP contribution in [-0.2, 0) is 11.2 Å². The van der Waals surface area contributed by atoms with Gasteiger partial charge in [-0.3, -0.25) is 4.79 Å². The Morgan fingerprint density at radius 2 is 2.19 bits per heavy atom. The molecule has 0 aliphatic heterocycles. The van der Waals surface area contributed by atoms with Crippen LogP contribution in [0.25, 0.3) is 10.2 Å². The largest absolute Gasteiger partial charge is 0.478 e. The molecular weight excluding hydrogens is 246 g/mol. The van der Waals surface area contributed by atoms with E-state index in [9.17, 15) is 9.59 Å². The van der Waals surface area contributed by atoms with E-state index in [1.54, 1.807) is 6.07 Å². The van der Waals surface area contributed by atoms with Crippen molar-refractivity contribution in [3.8, 4) is 0 Å². The van der Waals surface area contributed by atoms with E-state index < -0.39 is 5.97 Å². The normalized spacial score (nSPS) is 10.6. The Labute approximate surface area is 100 Å². The first-order valence-corrected chi connectivity index (χ1v) is 5.67. The van der Waals surface area contributed by atoms with Gasteiger partial charge < -0.3 is 5.11 Å². The molecule has 0 aliphatic carbocycles. The maximum atomic E-state index is 10.8. The van der Waals surface area contributed by atoms with Crippen LogP contribution in [-0.4, -0.2) is 21.2 Å². The molecule has 2 rings (SSSR count). The number of carboxylic acid groups (broad SMARTS) is 1. The van der Waals surface area contributed by atoms with Gasteiger partial charge in [-0.1, -0.05) is 0 Å². The Kier molecular flexibility index (Phi) is 2.93. The monoisotopic (exact) mass is 253 g/mol. The predicted molar refractivity (Wildman–Crippen MR) is 64.3 cm³/mol. The lowest BCUT2D eigenvalue weighted by molar-refractivity contribution is -0.110. The summed E-state index contributed by atoms with van der Waals surface area (Å²) < 4.78 is 0.870. The molecule has 0 fully saturated rings. The van der Waals surface area contributed by atoms with Gasteiger partial charge in [-0.05, 0) is 18.2 Å². The highest BCUT2D eigenvalue weighted by atomic mass is 32.1. The van der Waals surface area contributed by atoms with Crippen molar-refractivity contribution in [2.24, 2.45) is 0 Å². The number of benzene rings is 1. The smallest absolute Gasteiger partial charge is 0.335 e. The number of thiazole rings is 1. The molecule has 0 saturated heterocycles. The lowest BCUT2D eigenvalue weighted by Crippen LogP contribution is -1.95. The molecule has 16 heavy (non-hydrogen) atoms. The second-order valence-electron chi connectivity index (χ2n) is 3.17. The van der Waals surface area contributed by atoms with Crippen molar-refractivity contribution in [3.05, 3.63) is 28.8 Å². The third-order valence-corrected chi connectivity index (χ3v) is 3.18. The van der Waals surface area contributed by atoms with Crippen LogP contribution in [0.15, 0.2) is 18.2 Å². The fraction of sp³-hybridized carbons (Fsp3) is 0.100. The molecule has 0 aliphatic rings. The number of hydrogen-bond donors (Lipinski definition) is 2. The molecule has 0 radical (unpaired) electrons. The number of aromatic nitrogens is 1. The van der Waals surface area contributed by atoms with Crippen molar-refractivity contribution >= 4 is 45.3 Å². The highest BCUT2D eigenvalue weighted by Gasteiger charge is 2.09. The van der Waals surface area contributed by atoms with E-state index in [2.05, 4.69) is 17.6 Å². The number of carbonyl (C=O) groups is 2. The Morgan fingerprint density at radius 3 is 2.81 bits per heavy atom. The molecular formula is C10H7NO3S2. The van der Waals surface area contributed by atoms with Gasteiger partial charge in [0.2, 0.25) is 0 Å². The van der Waals surface area contributed by atoms with E-state index in [1.807, 2.05) is 0 Å². The van der Waals surface area contributed by atoms with Crippen molar-refractivity contribution in [1.82, 2.24) is 4.98 Å². The number of thiol groups is 1. The zero-order chi connectivity index (χ0) is 11.7. The van der Waals surface area contributed by atoms with E-state index in [-0.39, 0.29) is 17.1 Å². The van der Waals surface area contributed by atoms with E-state index in [1.165, 1.54) is 23.5 Å². The van der Waals surface area contributed by atoms with Crippen LogP contribution in [0.1, 0.15) is 15.4 Å². The van der Waals surface area contributed by atoms with Gasteiger partial charge in [0, 0.05) is 0 Å². The molecule has 0 amide bonds. The molecule has 1 N–H and O–H groups in total. The van der Waals surface area contributed by atoms with E-state index in [0.717, 1.165) is 4.70 Å². The van der Waals surface area contributed by atoms with Gasteiger partial charge in [0.25, 0.3) is 0 Å². The van der Waals surface area contributed by atoms with Crippen LogP contribution >= 0.6 is 24.0 Å². The Morgan fingerprint density at radius 1 is 1.44 bits per heavy atom. The summed E-state index contributed by atoms with van der Waals surface area (Å²) in [4.78, 5) is 25.7. The van der Waals surface area contributed by atoms with Gasteiger partial charge in [0.1, 0.15) is 5.01 Å². The number of fused-ring (bicyclic) bond motifs is 1. The highest BCUT2D eigenvalue weighted by molar-refractivity contribution is 7.96. The van der Waals surface area contributed by atoms with Gasteiger partial charge in [0.05, 0.1) is 22.2 Å². The molecule has 0 spiro atoms. The number of aromatic carboxylic acids is 1. The summed E-state index contributed by atoms with van der Waals surface area (Å²) >= 11 is 5.05. The van der Waals surface area contributed by atoms with Crippen molar-refractivity contribution < 1.29 is 14.7 Å². The van der Waals surface area contributed by atoms with Gasteiger partial charge >= 0.3 is 5.97 Å². The van der Waals surface area contributed by atoms with Crippen molar-refractivity contribution in [3.63, 3.8) is 0 Å². The van der Waals surface area contributed by atoms with E-state index in [4.69, 9.17) is 5.11 Å². The molecule has 1 aromatic carbocycles. The summed E-state index contributed by atoms with van der Waals surface area (Å²) in [5.41, 5.74) is 0.802. The van der Waals surface area contributed by atoms with Crippen molar-refractivity contribution in [2.75, 3.05) is 0 Å². The van der Waals surface area contributed by atoms with E-state index in [0.29, 0.717) is 10.5 Å². The number of carbonyl (C=O) groups excluding carboxylic acids is 1. The maximum Gasteiger partial charge on any atom is 0.335 e. The fourth-order valence-corrected chi connectivity index (χ4v) is 2.52. The third-order valence-electron chi connectivity index (χ3n) is 1.98. The predicted octanol–water partition coefficient (Wildman–Crippen LogP) is 1.99. The van der Waals surface area contributed by atoms with Crippen LogP contribution < -0.4 is 0 Å². The molecule has 4 nitrogen and oxygen atoms in total. The first kappa shape index (κ1) is 11.1.